The molecule has 8 heavy (non-hydrogen) atoms. The highest BCUT2D eigenvalue weighted by Crippen LogP contribution is 1.96. The van der Waals surface area contributed by atoms with Gasteiger partial charge in [0.15, 0.2) is 0 Å². The maximum atomic E-state index is 9.84. The molecule has 1 rings (SSSR count). The Hall–Kier alpha value is -1.39. The number of aromatic nitrogens is 2. The van der Waals surface area contributed by atoms with E-state index in [2.05, 4.69) is 9.97 Å². The van der Waals surface area contributed by atoms with Crippen LogP contribution in [-0.2, 0) is 0 Å². The van der Waals surface area contributed by atoms with Gasteiger partial charge in [0, 0.05) is 0 Å². The van der Waals surface area contributed by atoms with E-state index < -0.39 is 4.92 Å². The van der Waals surface area contributed by atoms with Gasteiger partial charge in [-0.3, -0.25) is 0 Å². The van der Waals surface area contributed by atoms with E-state index in [1.807, 2.05) is 0 Å². The van der Waals surface area contributed by atoms with Gasteiger partial charge >= 0.3 is 5.95 Å². The smallest absolute Gasteiger partial charge is 0.390 e. The molecule has 1 heterocycles. The first-order valence-electron chi connectivity index (χ1n) is 2.36. The minimum atomic E-state index is -0.683. The molecule has 0 spiro atoms. The van der Waals surface area contributed by atoms with E-state index in [0.717, 1.165) is 6.20 Å². The molecule has 0 aromatic carbocycles. The summed E-state index contributed by atoms with van der Waals surface area (Å²) in [7, 11) is 0. The lowest BCUT2D eigenvalue weighted by Gasteiger charge is -1.83. The molecule has 1 aromatic rings. The SMILES string of the molecule is [2H]c1c[nH]c([N+](=O)[O-])n1. The lowest BCUT2D eigenvalue weighted by molar-refractivity contribution is -0.393. The van der Waals surface area contributed by atoms with Crippen molar-refractivity contribution in [2.75, 3.05) is 0 Å². The molecule has 1 aromatic heterocycles. The second-order valence-corrected chi connectivity index (χ2v) is 1.11. The standard InChI is InChI=1S/C3H3N3O2/c7-6(8)3-4-1-2-5-3/h1-2H,(H,4,5)/i1D. The molecule has 5 nitrogen and oxygen atoms in total. The third-order valence-electron chi connectivity index (χ3n) is 0.609. The number of hydrogen-bond acceptors (Lipinski definition) is 3. The number of aromatic amines is 1. The van der Waals surface area contributed by atoms with E-state index in [0.29, 0.717) is 0 Å². The van der Waals surface area contributed by atoms with Crippen LogP contribution < -0.4 is 0 Å². The van der Waals surface area contributed by atoms with Crippen LogP contribution in [0, 0.1) is 10.1 Å². The number of nitro groups is 1. The molecular formula is C3H3N3O2. The Balaban J connectivity index is 2.98. The van der Waals surface area contributed by atoms with Gasteiger partial charge in [-0.05, 0) is 4.92 Å². The van der Waals surface area contributed by atoms with E-state index in [9.17, 15) is 10.1 Å². The van der Waals surface area contributed by atoms with Gasteiger partial charge < -0.3 is 10.1 Å². The molecule has 0 unspecified atom stereocenters. The van der Waals surface area contributed by atoms with E-state index in [-0.39, 0.29) is 12.1 Å². The number of H-pyrrole nitrogens is 1. The van der Waals surface area contributed by atoms with Crippen LogP contribution >= 0.6 is 0 Å². The first kappa shape index (κ1) is 3.59. The van der Waals surface area contributed by atoms with Crippen molar-refractivity contribution in [2.45, 2.75) is 0 Å². The quantitative estimate of drug-likeness (QED) is 0.422. The summed E-state index contributed by atoms with van der Waals surface area (Å²) in [6.07, 6.45) is 1.03. The molecule has 0 radical (unpaired) electrons. The average molecular weight is 114 g/mol. The molecule has 0 aliphatic rings. The summed E-state index contributed by atoms with van der Waals surface area (Å²) in [6, 6.07) is 0. The molecule has 0 aliphatic heterocycles. The summed E-state index contributed by atoms with van der Waals surface area (Å²) in [5, 5.41) is 9.84. The van der Waals surface area contributed by atoms with Crippen LogP contribution in [0.4, 0.5) is 5.95 Å². The van der Waals surface area contributed by atoms with Crippen molar-refractivity contribution in [3.63, 3.8) is 0 Å². The molecule has 0 fully saturated rings. The highest BCUT2D eigenvalue weighted by atomic mass is 16.6. The van der Waals surface area contributed by atoms with Crippen molar-refractivity contribution in [1.82, 2.24) is 9.97 Å². The summed E-state index contributed by atoms with van der Waals surface area (Å²) in [5.41, 5.74) is 0. The minimum Gasteiger partial charge on any atom is -0.390 e. The first-order valence-corrected chi connectivity index (χ1v) is 1.86. The van der Waals surface area contributed by atoms with Crippen molar-refractivity contribution in [2.24, 2.45) is 0 Å². The van der Waals surface area contributed by atoms with Gasteiger partial charge in [-0.15, -0.1) is 0 Å². The third kappa shape index (κ3) is 0.651. The predicted octanol–water partition coefficient (Wildman–Crippen LogP) is 0.318. The zero-order valence-electron chi connectivity index (χ0n) is 4.79. The zero-order chi connectivity index (χ0) is 6.85. The summed E-state index contributed by atoms with van der Waals surface area (Å²) in [5.74, 6) is -0.389. The van der Waals surface area contributed by atoms with Crippen molar-refractivity contribution in [1.29, 1.82) is 0 Å². The molecular weight excluding hydrogens is 110 g/mol. The van der Waals surface area contributed by atoms with Gasteiger partial charge in [0.2, 0.25) is 0 Å². The van der Waals surface area contributed by atoms with Gasteiger partial charge in [0.1, 0.15) is 7.54 Å². The molecule has 42 valence electrons. The summed E-state index contributed by atoms with van der Waals surface area (Å²) >= 11 is 0. The molecule has 0 saturated carbocycles. The Morgan fingerprint density at radius 3 is 3.12 bits per heavy atom. The number of hydrogen-bond donors (Lipinski definition) is 1. The van der Waals surface area contributed by atoms with Crippen LogP contribution in [0.5, 0.6) is 0 Å². The van der Waals surface area contributed by atoms with Crippen LogP contribution in [-0.4, -0.2) is 14.9 Å². The van der Waals surface area contributed by atoms with Gasteiger partial charge in [-0.2, -0.15) is 0 Å². The lowest BCUT2D eigenvalue weighted by atomic mass is 11.0. The average Bonchev–Trinajstić information content (AvgIpc) is 2.14. The summed E-state index contributed by atoms with van der Waals surface area (Å²) in [6.45, 7) is 0. The Kier molecular flexibility index (Phi) is 0.722. The van der Waals surface area contributed by atoms with E-state index in [4.69, 9.17) is 1.37 Å². The fourth-order valence-corrected chi connectivity index (χ4v) is 0.316. The van der Waals surface area contributed by atoms with E-state index in [1.54, 1.807) is 0 Å². The maximum absolute atomic E-state index is 9.84. The Morgan fingerprint density at radius 2 is 2.88 bits per heavy atom. The number of nitrogens with one attached hydrogen (secondary N) is 1. The Labute approximate surface area is 45.9 Å². The van der Waals surface area contributed by atoms with Gasteiger partial charge in [-0.25, -0.2) is 4.98 Å². The largest absolute Gasteiger partial charge is 0.432 e. The summed E-state index contributed by atoms with van der Waals surface area (Å²) < 4.78 is 6.76. The minimum absolute atomic E-state index is 0.123. The molecule has 5 heteroatoms. The number of nitrogens with zero attached hydrogens (tertiary/aromatic N) is 2. The normalized spacial score (nSPS) is 10.8. The third-order valence-corrected chi connectivity index (χ3v) is 0.609. The van der Waals surface area contributed by atoms with Crippen LogP contribution in [0.1, 0.15) is 1.37 Å². The van der Waals surface area contributed by atoms with Crippen LogP contribution in [0.3, 0.4) is 0 Å². The van der Waals surface area contributed by atoms with E-state index in [1.165, 1.54) is 0 Å². The van der Waals surface area contributed by atoms with Crippen molar-refractivity contribution < 1.29 is 6.29 Å². The molecule has 0 amide bonds. The monoisotopic (exact) mass is 114 g/mol. The second kappa shape index (κ2) is 1.61. The van der Waals surface area contributed by atoms with Crippen molar-refractivity contribution in [3.05, 3.63) is 22.5 Å². The Morgan fingerprint density at radius 1 is 2.12 bits per heavy atom. The summed E-state index contributed by atoms with van der Waals surface area (Å²) in [4.78, 5) is 14.6. The molecule has 0 aliphatic carbocycles. The molecule has 0 bridgehead atoms. The van der Waals surface area contributed by atoms with Gasteiger partial charge in [-0.1, -0.05) is 4.98 Å². The number of rotatable bonds is 1. The van der Waals surface area contributed by atoms with Crippen LogP contribution in [0.15, 0.2) is 12.4 Å². The lowest BCUT2D eigenvalue weighted by Crippen LogP contribution is -1.88. The molecule has 1 N–H and O–H groups in total. The predicted molar refractivity (Wildman–Crippen MR) is 25.2 cm³/mol. The maximum Gasteiger partial charge on any atom is 0.432 e. The van der Waals surface area contributed by atoms with Crippen molar-refractivity contribution in [3.8, 4) is 0 Å². The van der Waals surface area contributed by atoms with Gasteiger partial charge in [0.25, 0.3) is 0 Å². The highest BCUT2D eigenvalue weighted by Gasteiger charge is 2.01. The van der Waals surface area contributed by atoms with E-state index >= 15 is 0 Å². The highest BCUT2D eigenvalue weighted by molar-refractivity contribution is 5.00. The zero-order valence-corrected chi connectivity index (χ0v) is 3.79. The topological polar surface area (TPSA) is 71.8 Å². The fourth-order valence-electron chi connectivity index (χ4n) is 0.316. The van der Waals surface area contributed by atoms with Crippen molar-refractivity contribution >= 4 is 5.95 Å². The number of imidazole rings is 1. The van der Waals surface area contributed by atoms with Gasteiger partial charge in [0.05, 0.1) is 6.20 Å². The fraction of sp³-hybridized carbons (Fsp3) is 0. The first-order chi connectivity index (χ1) is 4.20. The van der Waals surface area contributed by atoms with Crippen LogP contribution in [0.25, 0.3) is 0 Å². The second-order valence-electron chi connectivity index (χ2n) is 1.11. The van der Waals surface area contributed by atoms with Crippen LogP contribution in [0.2, 0.25) is 0 Å². The molecule has 0 atom stereocenters. The molecule has 0 saturated heterocycles. The Bertz CT molecular complexity index is 233.